The van der Waals surface area contributed by atoms with Gasteiger partial charge in [0.15, 0.2) is 0 Å². The molecule has 1 N–H and O–H groups in total. The first-order valence-electron chi connectivity index (χ1n) is 7.96. The van der Waals surface area contributed by atoms with E-state index in [9.17, 15) is 0 Å². The number of benzene rings is 1. The summed E-state index contributed by atoms with van der Waals surface area (Å²) in [6, 6.07) is 5.53. The average molecular weight is 337 g/mol. The lowest BCUT2D eigenvalue weighted by atomic mass is 10.2. The fourth-order valence-corrected chi connectivity index (χ4v) is 2.66. The van der Waals surface area contributed by atoms with E-state index < -0.39 is 0 Å². The number of hydrogen-bond donors (Lipinski definition) is 1. The average Bonchev–Trinajstić information content (AvgIpc) is 3.23. The Balaban J connectivity index is 1.63. The highest BCUT2D eigenvalue weighted by Gasteiger charge is 2.17. The maximum Gasteiger partial charge on any atom is 0.213 e. The fourth-order valence-electron chi connectivity index (χ4n) is 2.49. The molecule has 0 unspecified atom stereocenters. The second kappa shape index (κ2) is 7.70. The summed E-state index contributed by atoms with van der Waals surface area (Å²) in [5.41, 5.74) is 0.826. The topological polar surface area (TPSA) is 56.5 Å². The van der Waals surface area contributed by atoms with Crippen molar-refractivity contribution in [3.8, 4) is 5.75 Å². The molecule has 1 aliphatic rings. The molecule has 2 heterocycles. The van der Waals surface area contributed by atoms with Crippen LogP contribution in [0.2, 0.25) is 5.02 Å². The van der Waals surface area contributed by atoms with E-state index >= 15 is 0 Å². The van der Waals surface area contributed by atoms with Gasteiger partial charge in [-0.25, -0.2) is 4.98 Å². The minimum atomic E-state index is 0.178. The Bertz CT molecular complexity index is 639. The maximum absolute atomic E-state index is 6.09. The van der Waals surface area contributed by atoms with Crippen molar-refractivity contribution in [3.05, 3.63) is 41.1 Å². The van der Waals surface area contributed by atoms with Crippen LogP contribution in [0.15, 0.2) is 28.8 Å². The zero-order valence-corrected chi connectivity index (χ0v) is 13.9. The van der Waals surface area contributed by atoms with Gasteiger partial charge in [-0.05, 0) is 31.0 Å². The van der Waals surface area contributed by atoms with Crippen molar-refractivity contribution < 1.29 is 13.9 Å². The van der Waals surface area contributed by atoms with E-state index in [1.165, 1.54) is 0 Å². The molecule has 2 aromatic rings. The third kappa shape index (κ3) is 4.39. The van der Waals surface area contributed by atoms with E-state index in [2.05, 4.69) is 10.3 Å². The Labute approximate surface area is 140 Å². The summed E-state index contributed by atoms with van der Waals surface area (Å²) in [6.07, 6.45) is 4.91. The smallest absolute Gasteiger partial charge is 0.213 e. The number of oxazole rings is 1. The molecule has 0 radical (unpaired) electrons. The molecule has 0 saturated carbocycles. The third-order valence-electron chi connectivity index (χ3n) is 3.77. The molecule has 0 spiro atoms. The quantitative estimate of drug-likeness (QED) is 0.826. The summed E-state index contributed by atoms with van der Waals surface area (Å²) in [6.45, 7) is 3.89. The Morgan fingerprint density at radius 2 is 2.35 bits per heavy atom. The molecule has 1 aromatic carbocycles. The molecule has 1 fully saturated rings. The Hall–Kier alpha value is -1.72. The maximum atomic E-state index is 6.09. The summed E-state index contributed by atoms with van der Waals surface area (Å²) < 4.78 is 17.1. The predicted octanol–water partition coefficient (Wildman–Crippen LogP) is 4.06. The monoisotopic (exact) mass is 336 g/mol. The predicted molar refractivity (Wildman–Crippen MR) is 89.1 cm³/mol. The van der Waals surface area contributed by atoms with E-state index in [0.717, 1.165) is 43.1 Å². The van der Waals surface area contributed by atoms with Crippen molar-refractivity contribution in [2.75, 3.05) is 18.5 Å². The van der Waals surface area contributed by atoms with Crippen LogP contribution in [0.1, 0.15) is 31.4 Å². The van der Waals surface area contributed by atoms with Crippen LogP contribution in [0.5, 0.6) is 5.75 Å². The molecule has 1 aromatic heterocycles. The van der Waals surface area contributed by atoms with Gasteiger partial charge in [0.2, 0.25) is 5.89 Å². The molecule has 3 rings (SSSR count). The number of ether oxygens (including phenoxy) is 2. The van der Waals surface area contributed by atoms with Crippen molar-refractivity contribution in [1.82, 2.24) is 4.98 Å². The minimum absolute atomic E-state index is 0.178. The molecule has 1 aliphatic heterocycles. The first-order chi connectivity index (χ1) is 11.2. The van der Waals surface area contributed by atoms with E-state index in [1.807, 2.05) is 25.1 Å². The number of aryl methyl sites for hydroxylation is 1. The lowest BCUT2D eigenvalue weighted by Crippen LogP contribution is -2.17. The van der Waals surface area contributed by atoms with Gasteiger partial charge < -0.3 is 19.2 Å². The summed E-state index contributed by atoms with van der Waals surface area (Å²) in [4.78, 5) is 4.24. The number of rotatable bonds is 7. The first-order valence-corrected chi connectivity index (χ1v) is 8.34. The van der Waals surface area contributed by atoms with Gasteiger partial charge in [0, 0.05) is 18.1 Å². The van der Waals surface area contributed by atoms with Gasteiger partial charge in [0.1, 0.15) is 18.1 Å². The Morgan fingerprint density at radius 3 is 3.09 bits per heavy atom. The molecule has 6 heteroatoms. The highest BCUT2D eigenvalue weighted by molar-refractivity contribution is 6.30. The van der Waals surface area contributed by atoms with Crippen molar-refractivity contribution in [3.63, 3.8) is 0 Å². The van der Waals surface area contributed by atoms with E-state index in [4.69, 9.17) is 25.5 Å². The van der Waals surface area contributed by atoms with Crippen LogP contribution in [0, 0.1) is 0 Å². The van der Waals surface area contributed by atoms with E-state index in [1.54, 1.807) is 6.20 Å². The molecule has 0 amide bonds. The summed E-state index contributed by atoms with van der Waals surface area (Å²) >= 11 is 6.09. The first kappa shape index (κ1) is 16.1. The van der Waals surface area contributed by atoms with Crippen LogP contribution < -0.4 is 10.1 Å². The number of anilines is 1. The summed E-state index contributed by atoms with van der Waals surface area (Å²) in [5, 5.41) is 3.93. The largest absolute Gasteiger partial charge is 0.489 e. The highest BCUT2D eigenvalue weighted by Crippen LogP contribution is 2.29. The van der Waals surface area contributed by atoms with Crippen LogP contribution in [0.3, 0.4) is 0 Å². The van der Waals surface area contributed by atoms with Crippen LogP contribution in [0.4, 0.5) is 5.69 Å². The second-order valence-electron chi connectivity index (χ2n) is 5.51. The zero-order valence-electron chi connectivity index (χ0n) is 13.2. The van der Waals surface area contributed by atoms with Crippen LogP contribution in [-0.2, 0) is 17.7 Å². The standard InChI is InChI=1S/C17H21ClN2O3/c1-2-13-9-20-17(23-13)10-19-15-8-12(18)5-6-16(15)22-11-14-4-3-7-21-14/h5-6,8-9,14,19H,2-4,7,10-11H2,1H3/t14-/m1/s1. The highest BCUT2D eigenvalue weighted by atomic mass is 35.5. The van der Waals surface area contributed by atoms with Gasteiger partial charge in [-0.2, -0.15) is 0 Å². The third-order valence-corrected chi connectivity index (χ3v) is 4.01. The molecule has 5 nitrogen and oxygen atoms in total. The normalized spacial score (nSPS) is 17.4. The van der Waals surface area contributed by atoms with Crippen LogP contribution in [0.25, 0.3) is 0 Å². The van der Waals surface area contributed by atoms with Crippen molar-refractivity contribution >= 4 is 17.3 Å². The number of nitrogens with zero attached hydrogens (tertiary/aromatic N) is 1. The zero-order chi connectivity index (χ0) is 16.1. The molecular formula is C17H21ClN2O3. The van der Waals surface area contributed by atoms with Crippen LogP contribution in [-0.4, -0.2) is 24.3 Å². The minimum Gasteiger partial charge on any atom is -0.489 e. The van der Waals surface area contributed by atoms with Crippen LogP contribution >= 0.6 is 11.6 Å². The molecule has 0 bridgehead atoms. The fraction of sp³-hybridized carbons (Fsp3) is 0.471. The molecular weight excluding hydrogens is 316 g/mol. The number of nitrogens with one attached hydrogen (secondary N) is 1. The van der Waals surface area contributed by atoms with Gasteiger partial charge in [-0.15, -0.1) is 0 Å². The molecule has 1 saturated heterocycles. The van der Waals surface area contributed by atoms with Crippen molar-refractivity contribution in [1.29, 1.82) is 0 Å². The number of aromatic nitrogens is 1. The van der Waals surface area contributed by atoms with E-state index in [-0.39, 0.29) is 6.10 Å². The van der Waals surface area contributed by atoms with Gasteiger partial charge >= 0.3 is 0 Å². The SMILES string of the molecule is CCc1cnc(CNc2cc(Cl)ccc2OC[C@H]2CCCO2)o1. The lowest BCUT2D eigenvalue weighted by Gasteiger charge is -2.15. The molecule has 1 atom stereocenters. The summed E-state index contributed by atoms with van der Waals surface area (Å²) in [7, 11) is 0. The number of hydrogen-bond acceptors (Lipinski definition) is 5. The van der Waals surface area contributed by atoms with Crippen molar-refractivity contribution in [2.45, 2.75) is 38.8 Å². The van der Waals surface area contributed by atoms with Crippen molar-refractivity contribution in [2.24, 2.45) is 0 Å². The van der Waals surface area contributed by atoms with Gasteiger partial charge in [0.25, 0.3) is 0 Å². The van der Waals surface area contributed by atoms with Gasteiger partial charge in [-0.3, -0.25) is 0 Å². The molecule has 0 aliphatic carbocycles. The summed E-state index contributed by atoms with van der Waals surface area (Å²) in [5.74, 6) is 2.28. The Morgan fingerprint density at radius 1 is 1.43 bits per heavy atom. The van der Waals surface area contributed by atoms with Gasteiger partial charge in [0.05, 0.1) is 24.5 Å². The molecule has 23 heavy (non-hydrogen) atoms. The molecule has 124 valence electrons. The lowest BCUT2D eigenvalue weighted by molar-refractivity contribution is 0.0682. The second-order valence-corrected chi connectivity index (χ2v) is 5.95. The number of halogens is 1. The van der Waals surface area contributed by atoms with Gasteiger partial charge in [-0.1, -0.05) is 18.5 Å². The van der Waals surface area contributed by atoms with E-state index in [0.29, 0.717) is 24.1 Å². The Kier molecular flexibility index (Phi) is 5.41.